The molecule has 1 amide bonds. The minimum absolute atomic E-state index is 0.0729. The molecule has 2 heterocycles. The van der Waals surface area contributed by atoms with Gasteiger partial charge in [-0.1, -0.05) is 42.5 Å². The molecule has 36 heavy (non-hydrogen) atoms. The molecule has 0 bridgehead atoms. The van der Waals surface area contributed by atoms with Gasteiger partial charge in [0, 0.05) is 17.4 Å². The van der Waals surface area contributed by atoms with Gasteiger partial charge in [0.1, 0.15) is 11.6 Å². The summed E-state index contributed by atoms with van der Waals surface area (Å²) < 4.78 is 7.80. The second kappa shape index (κ2) is 9.62. The lowest BCUT2D eigenvalue weighted by molar-refractivity contribution is -0.115. The summed E-state index contributed by atoms with van der Waals surface area (Å²) >= 11 is 0. The zero-order valence-corrected chi connectivity index (χ0v) is 20.7. The minimum atomic E-state index is -0.0729. The van der Waals surface area contributed by atoms with E-state index in [-0.39, 0.29) is 5.91 Å². The maximum atomic E-state index is 12.7. The van der Waals surface area contributed by atoms with E-state index < -0.39 is 0 Å². The van der Waals surface area contributed by atoms with Crippen LogP contribution in [0.1, 0.15) is 28.3 Å². The highest BCUT2D eigenvalue weighted by Gasteiger charge is 2.13. The van der Waals surface area contributed by atoms with Gasteiger partial charge in [-0.25, -0.2) is 9.67 Å². The topological polar surface area (TPSA) is 81.9 Å². The number of hydrogen-bond acceptors (Lipinski definition) is 5. The number of anilines is 1. The van der Waals surface area contributed by atoms with Crippen molar-refractivity contribution in [2.24, 2.45) is 0 Å². The van der Waals surface area contributed by atoms with Crippen molar-refractivity contribution in [1.29, 1.82) is 0 Å². The number of benzene rings is 3. The lowest BCUT2D eigenvalue weighted by Crippen LogP contribution is -2.14. The molecule has 0 atom stereocenters. The van der Waals surface area contributed by atoms with Gasteiger partial charge in [-0.2, -0.15) is 10.1 Å². The van der Waals surface area contributed by atoms with Crippen molar-refractivity contribution in [1.82, 2.24) is 19.7 Å². The van der Waals surface area contributed by atoms with Crippen LogP contribution >= 0.6 is 0 Å². The summed E-state index contributed by atoms with van der Waals surface area (Å²) in [7, 11) is 0. The van der Waals surface area contributed by atoms with Crippen molar-refractivity contribution < 1.29 is 9.53 Å². The van der Waals surface area contributed by atoms with E-state index in [1.807, 2.05) is 70.2 Å². The summed E-state index contributed by atoms with van der Waals surface area (Å²) in [4.78, 5) is 21.6. The lowest BCUT2D eigenvalue weighted by Gasteiger charge is -2.10. The fourth-order valence-corrected chi connectivity index (χ4v) is 4.18. The maximum absolute atomic E-state index is 12.7. The minimum Gasteiger partial charge on any atom is -0.439 e. The van der Waals surface area contributed by atoms with Crippen molar-refractivity contribution >= 4 is 22.4 Å². The van der Waals surface area contributed by atoms with Gasteiger partial charge in [0.25, 0.3) is 0 Å². The number of carbonyl (C=O) groups is 1. The third-order valence-corrected chi connectivity index (χ3v) is 6.26. The number of nitrogens with zero attached hydrogens (tertiary/aromatic N) is 4. The zero-order chi connectivity index (χ0) is 25.2. The Bertz CT molecular complexity index is 1570. The summed E-state index contributed by atoms with van der Waals surface area (Å²) in [6.45, 7) is 7.86. The first kappa shape index (κ1) is 23.2. The van der Waals surface area contributed by atoms with E-state index in [0.29, 0.717) is 35.4 Å². The second-order valence-corrected chi connectivity index (χ2v) is 8.81. The number of aromatic nitrogens is 4. The van der Waals surface area contributed by atoms with Crippen LogP contribution in [0.5, 0.6) is 11.6 Å². The normalized spacial score (nSPS) is 11.0. The molecule has 0 saturated carbocycles. The van der Waals surface area contributed by atoms with E-state index in [1.54, 1.807) is 22.9 Å². The fourth-order valence-electron chi connectivity index (χ4n) is 4.18. The smallest absolute Gasteiger partial charge is 0.228 e. The Morgan fingerprint density at radius 3 is 2.42 bits per heavy atom. The first-order valence-electron chi connectivity index (χ1n) is 11.8. The van der Waals surface area contributed by atoms with Crippen LogP contribution in [0.15, 0.2) is 72.8 Å². The highest BCUT2D eigenvalue weighted by atomic mass is 16.5. The van der Waals surface area contributed by atoms with Gasteiger partial charge in [-0.05, 0) is 73.9 Å². The van der Waals surface area contributed by atoms with Crippen molar-refractivity contribution in [2.45, 2.75) is 34.1 Å². The van der Waals surface area contributed by atoms with E-state index >= 15 is 0 Å². The SMILES string of the molecule is Cc1nc(Oc2ccc(NC(=O)Cc3cccc4ccccc34)cc2)cc(-n2nc(C)c(C)c2C)n1. The van der Waals surface area contributed by atoms with Crippen molar-refractivity contribution in [2.75, 3.05) is 5.32 Å². The Balaban J connectivity index is 1.28. The molecule has 7 nitrogen and oxygen atoms in total. The summed E-state index contributed by atoms with van der Waals surface area (Å²) in [5.41, 5.74) is 4.82. The predicted molar refractivity (Wildman–Crippen MR) is 141 cm³/mol. The van der Waals surface area contributed by atoms with E-state index in [1.165, 1.54) is 0 Å². The summed E-state index contributed by atoms with van der Waals surface area (Å²) in [5.74, 6) is 2.20. The maximum Gasteiger partial charge on any atom is 0.228 e. The van der Waals surface area contributed by atoms with Gasteiger partial charge in [0.05, 0.1) is 12.1 Å². The van der Waals surface area contributed by atoms with Gasteiger partial charge in [-0.15, -0.1) is 0 Å². The molecular formula is C29H27N5O2. The molecule has 0 aliphatic heterocycles. The Kier molecular flexibility index (Phi) is 6.21. The van der Waals surface area contributed by atoms with Crippen LogP contribution in [0, 0.1) is 27.7 Å². The highest BCUT2D eigenvalue weighted by Crippen LogP contribution is 2.25. The quantitative estimate of drug-likeness (QED) is 0.323. The number of aryl methyl sites for hydroxylation is 2. The van der Waals surface area contributed by atoms with Gasteiger partial charge in [-0.3, -0.25) is 4.79 Å². The number of rotatable bonds is 6. The summed E-state index contributed by atoms with van der Waals surface area (Å²) in [5, 5.41) is 9.77. The number of nitrogens with one attached hydrogen (secondary N) is 1. The molecule has 0 saturated heterocycles. The van der Waals surface area contributed by atoms with Crippen molar-refractivity contribution in [3.63, 3.8) is 0 Å². The Labute approximate surface area is 209 Å². The van der Waals surface area contributed by atoms with Crippen molar-refractivity contribution in [3.05, 3.63) is 101 Å². The molecule has 2 aromatic heterocycles. The second-order valence-electron chi connectivity index (χ2n) is 8.81. The third-order valence-electron chi connectivity index (χ3n) is 6.26. The standard InChI is InChI=1S/C29H27N5O2/c1-18-19(2)33-34(20(18)3)27-17-29(31-21(4)30-27)36-25-14-12-24(13-15-25)32-28(35)16-23-10-7-9-22-8-5-6-11-26(22)23/h5-15,17H,16H2,1-4H3,(H,32,35). The Hall–Kier alpha value is -4.52. The fraction of sp³-hybridized carbons (Fsp3) is 0.172. The molecule has 0 unspecified atom stereocenters. The monoisotopic (exact) mass is 477 g/mol. The van der Waals surface area contributed by atoms with E-state index in [2.05, 4.69) is 32.5 Å². The first-order chi connectivity index (χ1) is 17.4. The molecule has 5 rings (SSSR count). The van der Waals surface area contributed by atoms with E-state index in [4.69, 9.17) is 4.74 Å². The predicted octanol–water partition coefficient (Wildman–Crippen LogP) is 6.02. The van der Waals surface area contributed by atoms with Crippen LogP contribution in [0.2, 0.25) is 0 Å². The summed E-state index contributed by atoms with van der Waals surface area (Å²) in [6, 6.07) is 23.1. The molecule has 1 N–H and O–H groups in total. The number of carbonyl (C=O) groups excluding carboxylic acids is 1. The van der Waals surface area contributed by atoms with Crippen LogP contribution in [-0.4, -0.2) is 25.7 Å². The van der Waals surface area contributed by atoms with Crippen LogP contribution in [-0.2, 0) is 11.2 Å². The molecule has 0 radical (unpaired) electrons. The van der Waals surface area contributed by atoms with Crippen LogP contribution in [0.4, 0.5) is 5.69 Å². The van der Waals surface area contributed by atoms with Crippen LogP contribution in [0.25, 0.3) is 16.6 Å². The third kappa shape index (κ3) is 4.81. The molecule has 7 heteroatoms. The average Bonchev–Trinajstić information content (AvgIpc) is 3.12. The molecule has 180 valence electrons. The van der Waals surface area contributed by atoms with Gasteiger partial charge >= 0.3 is 0 Å². The Morgan fingerprint density at radius 1 is 0.917 bits per heavy atom. The number of ether oxygens (including phenoxy) is 1. The molecule has 0 fully saturated rings. The summed E-state index contributed by atoms with van der Waals surface area (Å²) in [6.07, 6.45) is 0.300. The zero-order valence-electron chi connectivity index (χ0n) is 20.7. The van der Waals surface area contributed by atoms with Gasteiger partial charge in [0.2, 0.25) is 11.8 Å². The van der Waals surface area contributed by atoms with Gasteiger partial charge in [0.15, 0.2) is 5.82 Å². The van der Waals surface area contributed by atoms with Crippen LogP contribution < -0.4 is 10.1 Å². The highest BCUT2D eigenvalue weighted by molar-refractivity contribution is 5.96. The Morgan fingerprint density at radius 2 is 1.67 bits per heavy atom. The van der Waals surface area contributed by atoms with E-state index in [9.17, 15) is 4.79 Å². The van der Waals surface area contributed by atoms with Crippen LogP contribution in [0.3, 0.4) is 0 Å². The largest absolute Gasteiger partial charge is 0.439 e. The number of fused-ring (bicyclic) bond motifs is 1. The molecule has 0 spiro atoms. The molecule has 5 aromatic rings. The molecule has 0 aliphatic carbocycles. The molecule has 3 aromatic carbocycles. The first-order valence-corrected chi connectivity index (χ1v) is 11.8. The molecular weight excluding hydrogens is 450 g/mol. The molecule has 0 aliphatic rings. The lowest BCUT2D eigenvalue weighted by atomic mass is 10.0. The average molecular weight is 478 g/mol. The van der Waals surface area contributed by atoms with Crippen molar-refractivity contribution in [3.8, 4) is 17.4 Å². The van der Waals surface area contributed by atoms with E-state index in [0.717, 1.165) is 33.3 Å². The van der Waals surface area contributed by atoms with Gasteiger partial charge < -0.3 is 10.1 Å². The number of hydrogen-bond donors (Lipinski definition) is 1. The number of amides is 1.